The van der Waals surface area contributed by atoms with Crippen LogP contribution in [0, 0.1) is 0 Å². The molecule has 1 atom stereocenters. The van der Waals surface area contributed by atoms with E-state index < -0.39 is 6.04 Å². The lowest BCUT2D eigenvalue weighted by Gasteiger charge is -2.30. The van der Waals surface area contributed by atoms with Crippen molar-refractivity contribution in [3.8, 4) is 11.5 Å². The lowest BCUT2D eigenvalue weighted by atomic mass is 9.94. The van der Waals surface area contributed by atoms with Crippen LogP contribution in [0.3, 0.4) is 0 Å². The summed E-state index contributed by atoms with van der Waals surface area (Å²) in [7, 11) is 3.17. The number of para-hydroxylation sites is 2. The first kappa shape index (κ1) is 18.7. The van der Waals surface area contributed by atoms with Crippen LogP contribution < -0.4 is 25.4 Å². The molecule has 0 aromatic heterocycles. The first-order valence-electron chi connectivity index (χ1n) is 8.40. The molecule has 0 aliphatic carbocycles. The Morgan fingerprint density at radius 2 is 1.89 bits per heavy atom. The van der Waals surface area contributed by atoms with Gasteiger partial charge in [-0.2, -0.15) is 0 Å². The van der Waals surface area contributed by atoms with Crippen LogP contribution in [0.5, 0.6) is 11.5 Å². The Bertz CT molecular complexity index is 911. The van der Waals surface area contributed by atoms with Gasteiger partial charge >= 0.3 is 0 Å². The third-order valence-electron chi connectivity index (χ3n) is 4.30. The minimum Gasteiger partial charge on any atom is -0.497 e. The molecule has 0 bridgehead atoms. The average Bonchev–Trinajstić information content (AvgIpc) is 2.67. The molecule has 0 saturated carbocycles. The Morgan fingerprint density at radius 3 is 2.63 bits per heavy atom. The molecule has 1 heterocycles. The van der Waals surface area contributed by atoms with Crippen molar-refractivity contribution >= 4 is 28.9 Å². The number of hydrogen-bond acceptors (Lipinski definition) is 4. The Kier molecular flexibility index (Phi) is 5.61. The minimum absolute atomic E-state index is 0.243. The molecule has 140 valence electrons. The summed E-state index contributed by atoms with van der Waals surface area (Å²) in [5.74, 6) is 1.06. The molecule has 1 aliphatic rings. The molecule has 0 spiro atoms. The van der Waals surface area contributed by atoms with E-state index in [0.717, 1.165) is 5.56 Å². The van der Waals surface area contributed by atoms with Gasteiger partial charge in [0.1, 0.15) is 11.5 Å². The normalized spacial score (nSPS) is 16.3. The van der Waals surface area contributed by atoms with Gasteiger partial charge in [0, 0.05) is 5.70 Å². The number of benzene rings is 2. The highest BCUT2D eigenvalue weighted by molar-refractivity contribution is 7.80. The molecule has 1 unspecified atom stereocenters. The van der Waals surface area contributed by atoms with Gasteiger partial charge in [-0.15, -0.1) is 0 Å². The standard InChI is InChI=1S/C20H21N3O3S/c1-12-17(19(24)22-15-9-4-5-10-16(15)26-3)18(23-20(27)21-12)13-7-6-8-14(11-13)25-2/h4-11,18H,1-3H3,(H,22,24)(H2,21,23,27). The highest BCUT2D eigenvalue weighted by atomic mass is 32.1. The molecule has 1 aliphatic heterocycles. The smallest absolute Gasteiger partial charge is 0.255 e. The molecule has 27 heavy (non-hydrogen) atoms. The number of nitrogens with one attached hydrogen (secondary N) is 3. The van der Waals surface area contributed by atoms with Crippen LogP contribution in [0.1, 0.15) is 18.5 Å². The van der Waals surface area contributed by atoms with Crippen LogP contribution >= 0.6 is 12.2 Å². The van der Waals surface area contributed by atoms with Gasteiger partial charge in [0.2, 0.25) is 0 Å². The highest BCUT2D eigenvalue weighted by Gasteiger charge is 2.30. The number of anilines is 1. The van der Waals surface area contributed by atoms with Crippen LogP contribution in [-0.4, -0.2) is 25.2 Å². The van der Waals surface area contributed by atoms with E-state index in [4.69, 9.17) is 21.7 Å². The van der Waals surface area contributed by atoms with Gasteiger partial charge in [0.15, 0.2) is 5.11 Å². The van der Waals surface area contributed by atoms with Crippen molar-refractivity contribution in [3.63, 3.8) is 0 Å². The van der Waals surface area contributed by atoms with Crippen LogP contribution in [0.2, 0.25) is 0 Å². The topological polar surface area (TPSA) is 71.6 Å². The first-order chi connectivity index (χ1) is 13.0. The number of rotatable bonds is 5. The number of carbonyl (C=O) groups excluding carboxylic acids is 1. The summed E-state index contributed by atoms with van der Waals surface area (Å²) in [6.07, 6.45) is 0. The third-order valence-corrected chi connectivity index (χ3v) is 4.52. The lowest BCUT2D eigenvalue weighted by Crippen LogP contribution is -2.45. The number of ether oxygens (including phenoxy) is 2. The molecular formula is C20H21N3O3S. The third kappa shape index (κ3) is 4.03. The SMILES string of the molecule is COc1cccc(C2NC(=S)NC(C)=C2C(=O)Nc2ccccc2OC)c1. The van der Waals surface area contributed by atoms with Crippen molar-refractivity contribution in [2.45, 2.75) is 13.0 Å². The summed E-state index contributed by atoms with van der Waals surface area (Å²) < 4.78 is 10.6. The molecule has 6 nitrogen and oxygen atoms in total. The van der Waals surface area contributed by atoms with E-state index in [2.05, 4.69) is 16.0 Å². The summed E-state index contributed by atoms with van der Waals surface area (Å²) in [6.45, 7) is 1.83. The van der Waals surface area contributed by atoms with Crippen molar-refractivity contribution in [1.82, 2.24) is 10.6 Å². The van der Waals surface area contributed by atoms with Crippen molar-refractivity contribution in [1.29, 1.82) is 0 Å². The molecule has 1 amide bonds. The number of hydrogen-bond donors (Lipinski definition) is 3. The second-order valence-corrected chi connectivity index (χ2v) is 6.41. The number of carbonyl (C=O) groups is 1. The zero-order valence-corrected chi connectivity index (χ0v) is 16.1. The van der Waals surface area contributed by atoms with E-state index in [1.54, 1.807) is 26.4 Å². The molecule has 3 rings (SSSR count). The van der Waals surface area contributed by atoms with E-state index in [1.165, 1.54) is 0 Å². The van der Waals surface area contributed by atoms with E-state index in [9.17, 15) is 4.79 Å². The molecule has 7 heteroatoms. The Balaban J connectivity index is 1.97. The minimum atomic E-state index is -0.399. The predicted octanol–water partition coefficient (Wildman–Crippen LogP) is 3.14. The second kappa shape index (κ2) is 8.09. The molecular weight excluding hydrogens is 362 g/mol. The second-order valence-electron chi connectivity index (χ2n) is 6.00. The summed E-state index contributed by atoms with van der Waals surface area (Å²) in [4.78, 5) is 13.1. The molecule has 3 N–H and O–H groups in total. The van der Waals surface area contributed by atoms with Crippen LogP contribution in [0.15, 0.2) is 59.8 Å². The van der Waals surface area contributed by atoms with Gasteiger partial charge in [-0.3, -0.25) is 4.79 Å². The maximum Gasteiger partial charge on any atom is 0.255 e. The fourth-order valence-electron chi connectivity index (χ4n) is 3.00. The predicted molar refractivity (Wildman–Crippen MR) is 109 cm³/mol. The summed E-state index contributed by atoms with van der Waals surface area (Å²) >= 11 is 5.29. The fraction of sp³-hybridized carbons (Fsp3) is 0.200. The average molecular weight is 383 g/mol. The van der Waals surface area contributed by atoms with Crippen molar-refractivity contribution in [2.75, 3.05) is 19.5 Å². The van der Waals surface area contributed by atoms with Gasteiger partial charge in [0.05, 0.1) is 31.5 Å². The zero-order valence-electron chi connectivity index (χ0n) is 15.3. The first-order valence-corrected chi connectivity index (χ1v) is 8.81. The van der Waals surface area contributed by atoms with Gasteiger partial charge in [-0.05, 0) is 49.0 Å². The number of allylic oxidation sites excluding steroid dienone is 1. The van der Waals surface area contributed by atoms with Crippen molar-refractivity contribution in [2.24, 2.45) is 0 Å². The van der Waals surface area contributed by atoms with E-state index in [1.807, 2.05) is 43.3 Å². The van der Waals surface area contributed by atoms with E-state index in [-0.39, 0.29) is 5.91 Å². The maximum absolute atomic E-state index is 13.1. The zero-order chi connectivity index (χ0) is 19.4. The summed E-state index contributed by atoms with van der Waals surface area (Å²) in [5, 5.41) is 9.60. The van der Waals surface area contributed by atoms with Crippen molar-refractivity contribution in [3.05, 3.63) is 65.4 Å². The maximum atomic E-state index is 13.1. The van der Waals surface area contributed by atoms with E-state index >= 15 is 0 Å². The molecule has 0 saturated heterocycles. The number of amides is 1. The lowest BCUT2D eigenvalue weighted by molar-refractivity contribution is -0.113. The number of thiocarbonyl (C=S) groups is 1. The van der Waals surface area contributed by atoms with Gasteiger partial charge in [-0.25, -0.2) is 0 Å². The Labute approximate surface area is 163 Å². The van der Waals surface area contributed by atoms with Gasteiger partial charge in [0.25, 0.3) is 5.91 Å². The molecule has 0 fully saturated rings. The summed E-state index contributed by atoms with van der Waals surface area (Å²) in [6, 6.07) is 14.4. The summed E-state index contributed by atoms with van der Waals surface area (Å²) in [5.41, 5.74) is 2.72. The van der Waals surface area contributed by atoms with Crippen molar-refractivity contribution < 1.29 is 14.3 Å². The van der Waals surface area contributed by atoms with Gasteiger partial charge < -0.3 is 25.4 Å². The van der Waals surface area contributed by atoms with Crippen LogP contribution in [0.4, 0.5) is 5.69 Å². The van der Waals surface area contributed by atoms with Crippen LogP contribution in [0.25, 0.3) is 0 Å². The quantitative estimate of drug-likeness (QED) is 0.689. The Morgan fingerprint density at radius 1 is 1.11 bits per heavy atom. The monoisotopic (exact) mass is 383 g/mol. The van der Waals surface area contributed by atoms with Gasteiger partial charge in [-0.1, -0.05) is 24.3 Å². The number of methoxy groups -OCH3 is 2. The highest BCUT2D eigenvalue weighted by Crippen LogP contribution is 2.31. The van der Waals surface area contributed by atoms with E-state index in [0.29, 0.717) is 33.6 Å². The molecule has 2 aromatic carbocycles. The largest absolute Gasteiger partial charge is 0.497 e. The van der Waals surface area contributed by atoms with Crippen LogP contribution in [-0.2, 0) is 4.79 Å². The fourth-order valence-corrected chi connectivity index (χ4v) is 3.27. The molecule has 0 radical (unpaired) electrons. The Hall–Kier alpha value is -3.06. The molecule has 2 aromatic rings.